The first kappa shape index (κ1) is 25.2. The van der Waals surface area contributed by atoms with E-state index in [0.717, 1.165) is 24.0 Å². The van der Waals surface area contributed by atoms with Crippen molar-refractivity contribution in [2.75, 3.05) is 50.1 Å². The molecular weight excluding hydrogens is 458 g/mol. The van der Waals surface area contributed by atoms with Crippen molar-refractivity contribution in [2.24, 2.45) is 11.8 Å². The lowest BCUT2D eigenvalue weighted by atomic mass is 9.92. The largest absolute Gasteiger partial charge is 0.354 e. The monoisotopic (exact) mass is 491 g/mol. The number of rotatable bonds is 5. The summed E-state index contributed by atoms with van der Waals surface area (Å²) in [5, 5.41) is 18.9. The number of aromatic amines is 1. The summed E-state index contributed by atoms with van der Waals surface area (Å²) in [7, 11) is 3.93. The number of nitriles is 2. The predicted octanol–water partition coefficient (Wildman–Crippen LogP) is 1.74. The van der Waals surface area contributed by atoms with E-state index < -0.39 is 5.91 Å². The highest BCUT2D eigenvalue weighted by Gasteiger charge is 2.35. The quantitative estimate of drug-likeness (QED) is 0.625. The molecule has 4 atom stereocenters. The SMILES string of the molecule is C[C@@H]1CCN(C(=O)CC#N)C[C@@H]1N(C)c1nc(N(C)[C@H]2CN(C(=O)C#N)CC[C@H]2C)c2cc[nH]c2n1. The van der Waals surface area contributed by atoms with Crippen molar-refractivity contribution >= 4 is 34.6 Å². The van der Waals surface area contributed by atoms with Gasteiger partial charge in [0.25, 0.3) is 0 Å². The Kier molecular flexibility index (Phi) is 7.30. The molecule has 190 valence electrons. The molecule has 0 saturated carbocycles. The van der Waals surface area contributed by atoms with Crippen LogP contribution in [-0.2, 0) is 9.59 Å². The van der Waals surface area contributed by atoms with Gasteiger partial charge in [-0.3, -0.25) is 9.59 Å². The standard InChI is InChI=1S/C25H33N9O2/c1-16-8-12-34(22(36)13-27)14-19(16)31(3)24-18-6-10-28-23(18)29-25(30-24)32(4)20-15-33(11-7-17(20)2)21(35)5-9-26/h6,10,16-17,19-20H,5,7-8,11-12,14-15H2,1-4H3,(H,28,29,30)/t16-,17-,19+,20+/m1/s1. The number of nitrogens with zero attached hydrogens (tertiary/aromatic N) is 8. The van der Waals surface area contributed by atoms with E-state index in [1.54, 1.807) is 15.9 Å². The van der Waals surface area contributed by atoms with Crippen LogP contribution in [0.5, 0.6) is 0 Å². The zero-order valence-electron chi connectivity index (χ0n) is 21.3. The lowest BCUT2D eigenvalue weighted by molar-refractivity contribution is -0.131. The Morgan fingerprint density at radius 1 is 1.06 bits per heavy atom. The van der Waals surface area contributed by atoms with E-state index in [0.29, 0.717) is 49.6 Å². The molecule has 0 aromatic carbocycles. The predicted molar refractivity (Wildman–Crippen MR) is 135 cm³/mol. The number of amides is 2. The molecule has 2 saturated heterocycles. The fourth-order valence-electron chi connectivity index (χ4n) is 5.41. The van der Waals surface area contributed by atoms with Gasteiger partial charge in [-0.15, -0.1) is 0 Å². The summed E-state index contributed by atoms with van der Waals surface area (Å²) in [6.07, 6.45) is 3.37. The molecule has 0 bridgehead atoms. The molecule has 1 N–H and O–H groups in total. The second-order valence-electron chi connectivity index (χ2n) is 10.0. The van der Waals surface area contributed by atoms with E-state index in [9.17, 15) is 9.59 Å². The molecule has 36 heavy (non-hydrogen) atoms. The van der Waals surface area contributed by atoms with Gasteiger partial charge in [0.2, 0.25) is 11.9 Å². The molecule has 0 radical (unpaired) electrons. The number of likely N-dealkylation sites (N-methyl/N-ethyl adjacent to an activating group) is 2. The Morgan fingerprint density at radius 3 is 2.36 bits per heavy atom. The molecule has 2 aliphatic rings. The number of carbonyl (C=O) groups excluding carboxylic acids is 2. The summed E-state index contributed by atoms with van der Waals surface area (Å²) in [6, 6.07) is 5.65. The van der Waals surface area contributed by atoms with Crippen LogP contribution in [0.3, 0.4) is 0 Å². The van der Waals surface area contributed by atoms with Gasteiger partial charge in [-0.25, -0.2) is 0 Å². The lowest BCUT2D eigenvalue weighted by Gasteiger charge is -2.42. The third kappa shape index (κ3) is 4.78. The maximum Gasteiger partial charge on any atom is 0.325 e. The smallest absolute Gasteiger partial charge is 0.325 e. The first-order valence-electron chi connectivity index (χ1n) is 12.4. The topological polar surface area (TPSA) is 136 Å². The van der Waals surface area contributed by atoms with Gasteiger partial charge < -0.3 is 24.6 Å². The molecule has 2 aromatic heterocycles. The average molecular weight is 492 g/mol. The maximum atomic E-state index is 12.4. The Bertz CT molecular complexity index is 1210. The zero-order valence-corrected chi connectivity index (χ0v) is 21.3. The highest BCUT2D eigenvalue weighted by molar-refractivity contribution is 5.91. The molecule has 4 rings (SSSR count). The van der Waals surface area contributed by atoms with Crippen molar-refractivity contribution in [3.63, 3.8) is 0 Å². The first-order valence-corrected chi connectivity index (χ1v) is 12.4. The number of nitrogens with one attached hydrogen (secondary N) is 1. The molecule has 2 fully saturated rings. The van der Waals surface area contributed by atoms with Gasteiger partial charge >= 0.3 is 5.91 Å². The number of piperidine rings is 2. The minimum Gasteiger partial charge on any atom is -0.354 e. The second kappa shape index (κ2) is 10.4. The number of fused-ring (bicyclic) bond motifs is 1. The van der Waals surface area contributed by atoms with Crippen molar-refractivity contribution in [1.29, 1.82) is 10.5 Å². The normalized spacial score (nSPS) is 24.2. The van der Waals surface area contributed by atoms with Gasteiger partial charge in [-0.1, -0.05) is 13.8 Å². The van der Waals surface area contributed by atoms with Crippen molar-refractivity contribution in [3.05, 3.63) is 12.3 Å². The summed E-state index contributed by atoms with van der Waals surface area (Å²) >= 11 is 0. The molecule has 2 aliphatic heterocycles. The second-order valence-corrected chi connectivity index (χ2v) is 10.0. The third-order valence-electron chi connectivity index (χ3n) is 7.83. The van der Waals surface area contributed by atoms with Crippen LogP contribution in [0.25, 0.3) is 11.0 Å². The van der Waals surface area contributed by atoms with Crippen LogP contribution in [0, 0.1) is 34.5 Å². The van der Waals surface area contributed by atoms with Gasteiger partial charge in [-0.2, -0.15) is 20.5 Å². The number of H-pyrrole nitrogens is 1. The molecule has 4 heterocycles. The summed E-state index contributed by atoms with van der Waals surface area (Å²) in [6.45, 7) is 6.53. The zero-order chi connectivity index (χ0) is 26.0. The molecule has 11 nitrogen and oxygen atoms in total. The summed E-state index contributed by atoms with van der Waals surface area (Å²) in [5.41, 5.74) is 0.711. The molecular formula is C25H33N9O2. The lowest BCUT2D eigenvalue weighted by Crippen LogP contribution is -2.53. The van der Waals surface area contributed by atoms with Crippen molar-refractivity contribution < 1.29 is 9.59 Å². The van der Waals surface area contributed by atoms with Crippen LogP contribution in [-0.4, -0.2) is 88.9 Å². The Balaban J connectivity index is 1.64. The van der Waals surface area contributed by atoms with Crippen LogP contribution in [0.4, 0.5) is 11.8 Å². The molecule has 0 aliphatic carbocycles. The molecule has 0 unspecified atom stereocenters. The summed E-state index contributed by atoms with van der Waals surface area (Å²) in [5.74, 6) is 1.28. The highest BCUT2D eigenvalue weighted by atomic mass is 16.2. The van der Waals surface area contributed by atoms with E-state index in [2.05, 4.69) is 23.7 Å². The van der Waals surface area contributed by atoms with E-state index in [-0.39, 0.29) is 24.4 Å². The van der Waals surface area contributed by atoms with Crippen molar-refractivity contribution in [1.82, 2.24) is 24.8 Å². The number of hydrogen-bond acceptors (Lipinski definition) is 8. The van der Waals surface area contributed by atoms with Gasteiger partial charge in [0.1, 0.15) is 17.9 Å². The third-order valence-corrected chi connectivity index (χ3v) is 7.83. The Morgan fingerprint density at radius 2 is 1.69 bits per heavy atom. The van der Waals surface area contributed by atoms with Crippen LogP contribution in [0.1, 0.15) is 33.1 Å². The minimum atomic E-state index is -0.503. The van der Waals surface area contributed by atoms with Crippen LogP contribution < -0.4 is 9.80 Å². The van der Waals surface area contributed by atoms with Crippen LogP contribution in [0.2, 0.25) is 0 Å². The van der Waals surface area contributed by atoms with E-state index in [1.165, 1.54) is 0 Å². The molecule has 2 amide bonds. The van der Waals surface area contributed by atoms with Gasteiger partial charge in [0.15, 0.2) is 6.07 Å². The van der Waals surface area contributed by atoms with Gasteiger partial charge in [0.05, 0.1) is 23.5 Å². The Labute approximate surface area is 211 Å². The maximum absolute atomic E-state index is 12.4. The number of hydrogen-bond donors (Lipinski definition) is 1. The average Bonchev–Trinajstić information content (AvgIpc) is 3.36. The molecule has 11 heteroatoms. The minimum absolute atomic E-state index is 0.00399. The number of likely N-dealkylation sites (tertiary alicyclic amines) is 2. The van der Waals surface area contributed by atoms with E-state index in [1.807, 2.05) is 37.3 Å². The molecule has 0 spiro atoms. The van der Waals surface area contributed by atoms with E-state index in [4.69, 9.17) is 20.5 Å². The van der Waals surface area contributed by atoms with Crippen LogP contribution in [0.15, 0.2) is 12.3 Å². The van der Waals surface area contributed by atoms with Crippen molar-refractivity contribution in [3.8, 4) is 12.1 Å². The first-order chi connectivity index (χ1) is 17.2. The van der Waals surface area contributed by atoms with Gasteiger partial charge in [-0.05, 0) is 30.7 Å². The fourth-order valence-corrected chi connectivity index (χ4v) is 5.41. The summed E-state index contributed by atoms with van der Waals surface area (Å²) in [4.78, 5) is 44.9. The number of aromatic nitrogens is 3. The van der Waals surface area contributed by atoms with Crippen molar-refractivity contribution in [2.45, 2.75) is 45.2 Å². The highest BCUT2D eigenvalue weighted by Crippen LogP contribution is 2.32. The molecule has 2 aromatic rings. The summed E-state index contributed by atoms with van der Waals surface area (Å²) < 4.78 is 0. The van der Waals surface area contributed by atoms with Gasteiger partial charge in [0, 0.05) is 46.5 Å². The van der Waals surface area contributed by atoms with Crippen LogP contribution >= 0.6 is 0 Å². The number of carbonyl (C=O) groups is 2. The fraction of sp³-hybridized carbons (Fsp3) is 0.600. The number of anilines is 2. The van der Waals surface area contributed by atoms with E-state index >= 15 is 0 Å². The Hall–Kier alpha value is -3.86.